The highest BCUT2D eigenvalue weighted by molar-refractivity contribution is 6.05. The Morgan fingerprint density at radius 3 is 3.04 bits per heavy atom. The van der Waals surface area contributed by atoms with Gasteiger partial charge in [0.05, 0.1) is 18.7 Å². The molecule has 0 saturated carbocycles. The Morgan fingerprint density at radius 1 is 1.44 bits per heavy atom. The summed E-state index contributed by atoms with van der Waals surface area (Å²) in [5.74, 6) is -1.07. The van der Waals surface area contributed by atoms with Gasteiger partial charge in [-0.15, -0.1) is 0 Å². The molecule has 0 spiro atoms. The average Bonchev–Trinajstić information content (AvgIpc) is 3.05. The fraction of sp³-hybridized carbons (Fsp3) is 0.471. The summed E-state index contributed by atoms with van der Waals surface area (Å²) in [6, 6.07) is 7.26. The number of carbonyl (C=O) groups excluding carboxylic acids is 2. The first-order valence-electron chi connectivity index (χ1n) is 8.24. The number of nitrogens with zero attached hydrogens (tertiary/aromatic N) is 2. The van der Waals surface area contributed by atoms with Crippen molar-refractivity contribution in [3.8, 4) is 0 Å². The van der Waals surface area contributed by atoms with Gasteiger partial charge in [-0.25, -0.2) is 4.39 Å². The van der Waals surface area contributed by atoms with Gasteiger partial charge in [0.2, 0.25) is 5.67 Å². The van der Waals surface area contributed by atoms with Crippen LogP contribution in [0.15, 0.2) is 24.3 Å². The number of piperidine rings is 1. The fourth-order valence-corrected chi connectivity index (χ4v) is 3.07. The van der Waals surface area contributed by atoms with Gasteiger partial charge < -0.3 is 15.0 Å². The van der Waals surface area contributed by atoms with E-state index in [4.69, 9.17) is 4.74 Å². The van der Waals surface area contributed by atoms with Crippen molar-refractivity contribution < 1.29 is 18.7 Å². The maximum Gasteiger partial charge on any atom is 0.275 e. The molecule has 2 N–H and O–H groups in total. The molecule has 1 aliphatic rings. The second-order valence-corrected chi connectivity index (χ2v) is 6.16. The normalized spacial score (nSPS) is 20.6. The maximum atomic E-state index is 15.1. The number of ether oxygens (including phenoxy) is 1. The van der Waals surface area contributed by atoms with E-state index >= 15 is 4.39 Å². The number of likely N-dealkylation sites (tertiary alicyclic amines) is 1. The van der Waals surface area contributed by atoms with Crippen molar-refractivity contribution >= 4 is 22.7 Å². The number of benzene rings is 1. The molecule has 8 heteroatoms. The molecule has 7 nitrogen and oxygen atoms in total. The van der Waals surface area contributed by atoms with E-state index in [0.29, 0.717) is 25.0 Å². The van der Waals surface area contributed by atoms with Crippen LogP contribution >= 0.6 is 0 Å². The van der Waals surface area contributed by atoms with E-state index in [-0.39, 0.29) is 31.1 Å². The van der Waals surface area contributed by atoms with Crippen LogP contribution in [0.3, 0.4) is 0 Å². The molecule has 1 aliphatic heterocycles. The first-order chi connectivity index (χ1) is 12.0. The van der Waals surface area contributed by atoms with E-state index in [1.165, 1.54) is 12.0 Å². The van der Waals surface area contributed by atoms with Crippen molar-refractivity contribution in [2.75, 3.05) is 33.4 Å². The lowest BCUT2D eigenvalue weighted by molar-refractivity contribution is -0.136. The first-order valence-corrected chi connectivity index (χ1v) is 8.24. The van der Waals surface area contributed by atoms with Crippen molar-refractivity contribution in [1.29, 1.82) is 0 Å². The SMILES string of the molecule is COCCNC(=O)C1(F)CCCN(C(=O)c2n[nH]c3ccccc23)C1. The van der Waals surface area contributed by atoms with Crippen LogP contribution < -0.4 is 5.32 Å². The lowest BCUT2D eigenvalue weighted by Crippen LogP contribution is -2.56. The van der Waals surface area contributed by atoms with Crippen LogP contribution in [0.2, 0.25) is 0 Å². The second kappa shape index (κ2) is 7.18. The topological polar surface area (TPSA) is 87.3 Å². The predicted molar refractivity (Wildman–Crippen MR) is 90.0 cm³/mol. The number of hydrogen-bond acceptors (Lipinski definition) is 4. The van der Waals surface area contributed by atoms with Crippen molar-refractivity contribution in [2.45, 2.75) is 18.5 Å². The number of para-hydroxylation sites is 1. The zero-order chi connectivity index (χ0) is 17.9. The Morgan fingerprint density at radius 2 is 2.24 bits per heavy atom. The summed E-state index contributed by atoms with van der Waals surface area (Å²) < 4.78 is 19.9. The summed E-state index contributed by atoms with van der Waals surface area (Å²) in [4.78, 5) is 26.3. The Balaban J connectivity index is 1.74. The highest BCUT2D eigenvalue weighted by atomic mass is 19.1. The van der Waals surface area contributed by atoms with Gasteiger partial charge >= 0.3 is 0 Å². The Kier molecular flexibility index (Phi) is 4.98. The highest BCUT2D eigenvalue weighted by Gasteiger charge is 2.44. The van der Waals surface area contributed by atoms with Crippen LogP contribution in [0.25, 0.3) is 10.9 Å². The number of aromatic amines is 1. The molecule has 0 radical (unpaired) electrons. The van der Waals surface area contributed by atoms with Gasteiger partial charge in [0.25, 0.3) is 11.8 Å². The third-order valence-electron chi connectivity index (χ3n) is 4.40. The summed E-state index contributed by atoms with van der Waals surface area (Å²) in [6.45, 7) is 0.672. The number of nitrogens with one attached hydrogen (secondary N) is 2. The minimum atomic E-state index is -2.09. The van der Waals surface area contributed by atoms with Crippen LogP contribution in [0.5, 0.6) is 0 Å². The Labute approximate surface area is 144 Å². The van der Waals surface area contributed by atoms with Crippen LogP contribution in [0.4, 0.5) is 4.39 Å². The molecule has 0 bridgehead atoms. The third-order valence-corrected chi connectivity index (χ3v) is 4.40. The number of amides is 2. The number of carbonyl (C=O) groups is 2. The van der Waals surface area contributed by atoms with Crippen molar-refractivity contribution in [2.24, 2.45) is 0 Å². The van der Waals surface area contributed by atoms with Gasteiger partial charge in [-0.3, -0.25) is 14.7 Å². The number of fused-ring (bicyclic) bond motifs is 1. The van der Waals surface area contributed by atoms with E-state index in [1.807, 2.05) is 18.2 Å². The van der Waals surface area contributed by atoms with Crippen LogP contribution in [0.1, 0.15) is 23.3 Å². The summed E-state index contributed by atoms with van der Waals surface area (Å²) in [5.41, 5.74) is -1.10. The summed E-state index contributed by atoms with van der Waals surface area (Å²) in [5, 5.41) is 10.1. The van der Waals surface area contributed by atoms with Crippen molar-refractivity contribution in [1.82, 2.24) is 20.4 Å². The van der Waals surface area contributed by atoms with Gasteiger partial charge in [-0.1, -0.05) is 18.2 Å². The molecule has 1 saturated heterocycles. The molecule has 0 aliphatic carbocycles. The minimum absolute atomic E-state index is 0.0942. The van der Waals surface area contributed by atoms with E-state index in [2.05, 4.69) is 15.5 Å². The van der Waals surface area contributed by atoms with Gasteiger partial charge in [-0.05, 0) is 18.9 Å². The summed E-state index contributed by atoms with van der Waals surface area (Å²) >= 11 is 0. The van der Waals surface area contributed by atoms with Crippen LogP contribution in [0, 0.1) is 0 Å². The molecule has 1 aromatic heterocycles. The first kappa shape index (κ1) is 17.3. The zero-order valence-corrected chi connectivity index (χ0v) is 14.0. The molecule has 2 aromatic rings. The Bertz CT molecular complexity index is 778. The maximum absolute atomic E-state index is 15.1. The smallest absolute Gasteiger partial charge is 0.275 e. The van der Waals surface area contributed by atoms with E-state index < -0.39 is 11.6 Å². The number of H-pyrrole nitrogens is 1. The molecular weight excluding hydrogens is 327 g/mol. The Hall–Kier alpha value is -2.48. The van der Waals surface area contributed by atoms with Gasteiger partial charge in [0.1, 0.15) is 0 Å². The van der Waals surface area contributed by atoms with Crippen molar-refractivity contribution in [3.05, 3.63) is 30.0 Å². The number of halogens is 1. The molecule has 1 fully saturated rings. The quantitative estimate of drug-likeness (QED) is 0.797. The standard InChI is InChI=1S/C17H21FN4O3/c1-25-10-8-19-16(24)17(18)7-4-9-22(11-17)15(23)14-12-5-2-3-6-13(12)20-21-14/h2-3,5-6H,4,7-11H2,1H3,(H,19,24)(H,20,21). The van der Waals surface area contributed by atoms with E-state index in [9.17, 15) is 9.59 Å². The monoisotopic (exact) mass is 348 g/mol. The molecular formula is C17H21FN4O3. The predicted octanol–water partition coefficient (Wildman–Crippen LogP) is 1.27. The minimum Gasteiger partial charge on any atom is -0.383 e. The molecule has 134 valence electrons. The zero-order valence-electron chi connectivity index (χ0n) is 14.0. The molecule has 1 unspecified atom stereocenters. The van der Waals surface area contributed by atoms with Crippen molar-refractivity contribution in [3.63, 3.8) is 0 Å². The van der Waals surface area contributed by atoms with E-state index in [1.54, 1.807) is 6.07 Å². The second-order valence-electron chi connectivity index (χ2n) is 6.16. The summed E-state index contributed by atoms with van der Waals surface area (Å²) in [7, 11) is 1.51. The number of alkyl halides is 1. The van der Waals surface area contributed by atoms with Gasteiger partial charge in [-0.2, -0.15) is 5.10 Å². The van der Waals surface area contributed by atoms with Gasteiger partial charge in [0, 0.05) is 25.6 Å². The molecule has 2 amide bonds. The number of aromatic nitrogens is 2. The molecule has 1 aromatic carbocycles. The summed E-state index contributed by atoms with van der Waals surface area (Å²) in [6.07, 6.45) is 0.513. The van der Waals surface area contributed by atoms with Gasteiger partial charge in [0.15, 0.2) is 5.69 Å². The lowest BCUT2D eigenvalue weighted by atomic mass is 9.93. The largest absolute Gasteiger partial charge is 0.383 e. The van der Waals surface area contributed by atoms with Crippen LogP contribution in [-0.4, -0.2) is 65.9 Å². The molecule has 25 heavy (non-hydrogen) atoms. The third kappa shape index (κ3) is 3.48. The number of rotatable bonds is 5. The number of hydrogen-bond donors (Lipinski definition) is 2. The highest BCUT2D eigenvalue weighted by Crippen LogP contribution is 2.27. The fourth-order valence-electron chi connectivity index (χ4n) is 3.07. The number of methoxy groups -OCH3 is 1. The molecule has 1 atom stereocenters. The van der Waals surface area contributed by atoms with E-state index in [0.717, 1.165) is 5.52 Å². The molecule has 2 heterocycles. The molecule has 3 rings (SSSR count). The van der Waals surface area contributed by atoms with Crippen LogP contribution in [-0.2, 0) is 9.53 Å². The lowest BCUT2D eigenvalue weighted by Gasteiger charge is -2.36. The average molecular weight is 348 g/mol.